The average molecular weight is 390 g/mol. The maximum Gasteiger partial charge on any atom is 0.174 e. The van der Waals surface area contributed by atoms with Gasteiger partial charge in [0.2, 0.25) is 0 Å². The van der Waals surface area contributed by atoms with Crippen LogP contribution in [0.4, 0.5) is 8.78 Å². The monoisotopic (exact) mass is 390 g/mol. The van der Waals surface area contributed by atoms with Crippen LogP contribution < -0.4 is 0 Å². The van der Waals surface area contributed by atoms with Gasteiger partial charge in [-0.15, -0.1) is 0 Å². The van der Waals surface area contributed by atoms with E-state index in [0.29, 0.717) is 17.1 Å². The normalized spacial score (nSPS) is 11.6. The minimum absolute atomic E-state index is 0.0513. The van der Waals surface area contributed by atoms with Crippen LogP contribution in [0.25, 0.3) is 28.3 Å². The van der Waals surface area contributed by atoms with Crippen molar-refractivity contribution in [3.63, 3.8) is 0 Å². The molecule has 3 aromatic heterocycles. The Bertz CT molecular complexity index is 1280. The fourth-order valence-electron chi connectivity index (χ4n) is 3.27. The van der Waals surface area contributed by atoms with Gasteiger partial charge in [-0.2, -0.15) is 5.26 Å². The largest absolute Gasteiger partial charge is 0.386 e. The number of nitriles is 1. The standard InChI is InChI=1S/C22H16F2N4O/c1-22(2,29)14-9-10-28-18(12-26-21(28)20(14)24)16-7-4-8-17(27-16)19-13(11-25)5-3-6-15(19)23/h3-10,12,29H,1-2H3. The SMILES string of the molecule is CC(C)(O)c1ccn2c(-c3cccc(-c4c(F)cccc4C#N)n3)cnc2c1F. The molecule has 1 N–H and O–H groups in total. The predicted octanol–water partition coefficient (Wildman–Crippen LogP) is 4.44. The first-order chi connectivity index (χ1) is 13.8. The first-order valence-corrected chi connectivity index (χ1v) is 8.86. The summed E-state index contributed by atoms with van der Waals surface area (Å²) in [4.78, 5) is 8.61. The van der Waals surface area contributed by atoms with Gasteiger partial charge in [0.15, 0.2) is 11.5 Å². The number of halogens is 2. The van der Waals surface area contributed by atoms with Gasteiger partial charge in [0.25, 0.3) is 0 Å². The molecule has 5 nitrogen and oxygen atoms in total. The van der Waals surface area contributed by atoms with E-state index in [9.17, 15) is 19.1 Å². The maximum atomic E-state index is 14.8. The van der Waals surface area contributed by atoms with Crippen LogP contribution in [0.15, 0.2) is 54.9 Å². The van der Waals surface area contributed by atoms with E-state index in [1.165, 1.54) is 48.7 Å². The molecule has 0 saturated carbocycles. The van der Waals surface area contributed by atoms with Gasteiger partial charge < -0.3 is 5.11 Å². The summed E-state index contributed by atoms with van der Waals surface area (Å²) in [5.41, 5.74) is 0.351. The van der Waals surface area contributed by atoms with Crippen LogP contribution in [0.5, 0.6) is 0 Å². The molecule has 7 heteroatoms. The summed E-state index contributed by atoms with van der Waals surface area (Å²) in [5.74, 6) is -1.17. The number of hydrogen-bond donors (Lipinski definition) is 1. The smallest absolute Gasteiger partial charge is 0.174 e. The molecule has 0 bridgehead atoms. The second kappa shape index (κ2) is 6.76. The summed E-state index contributed by atoms with van der Waals surface area (Å²) in [6, 6.07) is 12.7. The Kier molecular flexibility index (Phi) is 4.36. The molecule has 0 unspecified atom stereocenters. The van der Waals surface area contributed by atoms with Crippen molar-refractivity contribution in [2.45, 2.75) is 19.4 Å². The van der Waals surface area contributed by atoms with Crippen molar-refractivity contribution in [3.8, 4) is 28.7 Å². The predicted molar refractivity (Wildman–Crippen MR) is 104 cm³/mol. The molecule has 0 saturated heterocycles. The number of imidazole rings is 1. The van der Waals surface area contributed by atoms with Crippen molar-refractivity contribution < 1.29 is 13.9 Å². The molecule has 0 spiro atoms. The topological polar surface area (TPSA) is 74.2 Å². The Morgan fingerprint density at radius 2 is 1.79 bits per heavy atom. The van der Waals surface area contributed by atoms with Crippen LogP contribution in [0.2, 0.25) is 0 Å². The third kappa shape index (κ3) is 3.13. The van der Waals surface area contributed by atoms with Crippen LogP contribution in [-0.4, -0.2) is 19.5 Å². The first kappa shape index (κ1) is 18.7. The summed E-state index contributed by atoms with van der Waals surface area (Å²) in [7, 11) is 0. The molecule has 4 aromatic rings. The van der Waals surface area contributed by atoms with E-state index < -0.39 is 17.2 Å². The third-order valence-corrected chi connectivity index (χ3v) is 4.68. The van der Waals surface area contributed by atoms with Gasteiger partial charge >= 0.3 is 0 Å². The molecular weight excluding hydrogens is 374 g/mol. The van der Waals surface area contributed by atoms with Gasteiger partial charge in [-0.1, -0.05) is 12.1 Å². The number of aromatic nitrogens is 3. The Hall–Kier alpha value is -3.63. The quantitative estimate of drug-likeness (QED) is 0.561. The molecule has 144 valence electrons. The lowest BCUT2D eigenvalue weighted by molar-refractivity contribution is 0.0746. The lowest BCUT2D eigenvalue weighted by Crippen LogP contribution is -2.18. The highest BCUT2D eigenvalue weighted by Crippen LogP contribution is 2.30. The molecule has 0 aliphatic rings. The highest BCUT2D eigenvalue weighted by atomic mass is 19.1. The molecule has 0 aliphatic carbocycles. The second-order valence-corrected chi connectivity index (χ2v) is 7.12. The highest BCUT2D eigenvalue weighted by Gasteiger charge is 2.24. The molecule has 0 aliphatic heterocycles. The lowest BCUT2D eigenvalue weighted by Gasteiger charge is -2.18. The van der Waals surface area contributed by atoms with Crippen molar-refractivity contribution in [1.29, 1.82) is 5.26 Å². The summed E-state index contributed by atoms with van der Waals surface area (Å²) in [6.07, 6.45) is 3.07. The number of benzene rings is 1. The Morgan fingerprint density at radius 1 is 1.07 bits per heavy atom. The Balaban J connectivity index is 1.88. The molecular formula is C22H16F2N4O. The zero-order valence-corrected chi connectivity index (χ0v) is 15.7. The fraction of sp³-hybridized carbons (Fsp3) is 0.136. The van der Waals surface area contributed by atoms with Crippen molar-refractivity contribution >= 4 is 5.65 Å². The molecule has 29 heavy (non-hydrogen) atoms. The van der Waals surface area contributed by atoms with Gasteiger partial charge in [0.1, 0.15) is 5.82 Å². The Labute approximate surface area is 165 Å². The summed E-state index contributed by atoms with van der Waals surface area (Å²) >= 11 is 0. The van der Waals surface area contributed by atoms with Crippen LogP contribution >= 0.6 is 0 Å². The van der Waals surface area contributed by atoms with Crippen LogP contribution in [0.1, 0.15) is 25.0 Å². The lowest BCUT2D eigenvalue weighted by atomic mass is 9.99. The fourth-order valence-corrected chi connectivity index (χ4v) is 3.27. The van der Waals surface area contributed by atoms with Crippen LogP contribution in [-0.2, 0) is 5.60 Å². The average Bonchev–Trinajstić information content (AvgIpc) is 3.12. The second-order valence-electron chi connectivity index (χ2n) is 7.12. The molecule has 0 atom stereocenters. The van der Waals surface area contributed by atoms with Gasteiger partial charge in [0, 0.05) is 11.8 Å². The molecule has 0 fully saturated rings. The maximum absolute atomic E-state index is 14.8. The molecule has 3 heterocycles. The zero-order chi connectivity index (χ0) is 20.8. The number of rotatable bonds is 3. The van der Waals surface area contributed by atoms with Crippen LogP contribution in [0, 0.1) is 23.0 Å². The van der Waals surface area contributed by atoms with Crippen molar-refractivity contribution in [3.05, 3.63) is 77.6 Å². The van der Waals surface area contributed by atoms with Gasteiger partial charge in [-0.3, -0.25) is 4.40 Å². The van der Waals surface area contributed by atoms with E-state index in [1.807, 2.05) is 6.07 Å². The van der Waals surface area contributed by atoms with Crippen molar-refractivity contribution in [2.24, 2.45) is 0 Å². The highest BCUT2D eigenvalue weighted by molar-refractivity contribution is 5.71. The Morgan fingerprint density at radius 3 is 2.52 bits per heavy atom. The third-order valence-electron chi connectivity index (χ3n) is 4.68. The molecule has 1 aromatic carbocycles. The van der Waals surface area contributed by atoms with E-state index in [4.69, 9.17) is 0 Å². The number of pyridine rings is 2. The van der Waals surface area contributed by atoms with E-state index in [2.05, 4.69) is 9.97 Å². The molecule has 4 rings (SSSR count). The number of aliphatic hydroxyl groups is 1. The van der Waals surface area contributed by atoms with E-state index in [1.54, 1.807) is 24.4 Å². The first-order valence-electron chi connectivity index (χ1n) is 8.86. The molecule has 0 radical (unpaired) electrons. The minimum atomic E-state index is -1.35. The van der Waals surface area contributed by atoms with Crippen LogP contribution in [0.3, 0.4) is 0 Å². The van der Waals surface area contributed by atoms with E-state index in [-0.39, 0.29) is 22.3 Å². The van der Waals surface area contributed by atoms with Gasteiger partial charge in [-0.25, -0.2) is 18.7 Å². The number of hydrogen-bond acceptors (Lipinski definition) is 4. The van der Waals surface area contributed by atoms with E-state index in [0.717, 1.165) is 0 Å². The molecule has 0 amide bonds. The minimum Gasteiger partial charge on any atom is -0.386 e. The van der Waals surface area contributed by atoms with E-state index >= 15 is 0 Å². The van der Waals surface area contributed by atoms with Gasteiger partial charge in [0.05, 0.1) is 46.1 Å². The summed E-state index contributed by atoms with van der Waals surface area (Å²) in [6.45, 7) is 3.00. The summed E-state index contributed by atoms with van der Waals surface area (Å²) in [5, 5.41) is 19.4. The van der Waals surface area contributed by atoms with Crippen molar-refractivity contribution in [1.82, 2.24) is 14.4 Å². The number of fused-ring (bicyclic) bond motifs is 1. The zero-order valence-electron chi connectivity index (χ0n) is 15.7. The van der Waals surface area contributed by atoms with Gasteiger partial charge in [-0.05, 0) is 44.2 Å². The number of nitrogens with zero attached hydrogens (tertiary/aromatic N) is 4. The van der Waals surface area contributed by atoms with Crippen molar-refractivity contribution in [2.75, 3.05) is 0 Å². The summed E-state index contributed by atoms with van der Waals surface area (Å²) < 4.78 is 30.7.